The standard InChI is InChI=1S/C24H15F11N6O2/c1-39(21(42)16-12(26)7-10(25)8-13(16)27)15-6-4-5-11(18(15)43-3)14-9-41(38-36-14)20-17(23(30,31)32)19(37-40(20)2)22(28,29)24(33,34)35/h4-9H,1-3H3. The van der Waals surface area contributed by atoms with E-state index in [4.69, 9.17) is 4.74 Å². The van der Waals surface area contributed by atoms with Crippen molar-refractivity contribution in [2.24, 2.45) is 7.05 Å². The van der Waals surface area contributed by atoms with Gasteiger partial charge in [0.05, 0.1) is 19.0 Å². The van der Waals surface area contributed by atoms with E-state index in [1.165, 1.54) is 18.2 Å². The van der Waals surface area contributed by atoms with E-state index in [-0.39, 0.29) is 44.2 Å². The lowest BCUT2D eigenvalue weighted by Crippen LogP contribution is -2.36. The molecule has 0 atom stereocenters. The molecule has 230 valence electrons. The fraction of sp³-hybridized carbons (Fsp3) is 0.250. The van der Waals surface area contributed by atoms with Crippen molar-refractivity contribution >= 4 is 11.6 Å². The van der Waals surface area contributed by atoms with Crippen molar-refractivity contribution in [3.8, 4) is 22.8 Å². The number of carbonyl (C=O) groups is 1. The molecule has 43 heavy (non-hydrogen) atoms. The number of halogens is 11. The van der Waals surface area contributed by atoms with Crippen LogP contribution in [-0.4, -0.2) is 51.0 Å². The first-order valence-corrected chi connectivity index (χ1v) is 11.4. The van der Waals surface area contributed by atoms with Gasteiger partial charge in [0.2, 0.25) is 0 Å². The molecule has 4 rings (SSSR count). The highest BCUT2D eigenvalue weighted by atomic mass is 19.4. The highest BCUT2D eigenvalue weighted by molar-refractivity contribution is 6.07. The average Bonchev–Trinajstić information content (AvgIpc) is 3.51. The van der Waals surface area contributed by atoms with Crippen molar-refractivity contribution in [1.29, 1.82) is 0 Å². The van der Waals surface area contributed by atoms with E-state index in [0.717, 1.165) is 20.4 Å². The van der Waals surface area contributed by atoms with E-state index in [2.05, 4.69) is 15.4 Å². The predicted molar refractivity (Wildman–Crippen MR) is 124 cm³/mol. The first-order valence-electron chi connectivity index (χ1n) is 11.4. The molecule has 0 fully saturated rings. The minimum Gasteiger partial charge on any atom is -0.494 e. The fourth-order valence-electron chi connectivity index (χ4n) is 4.11. The molecule has 0 saturated heterocycles. The van der Waals surface area contributed by atoms with Crippen molar-refractivity contribution in [1.82, 2.24) is 24.8 Å². The number of amides is 1. The maximum absolute atomic E-state index is 14.2. The number of hydrogen-bond donors (Lipinski definition) is 0. The van der Waals surface area contributed by atoms with Crippen molar-refractivity contribution in [2.45, 2.75) is 18.3 Å². The highest BCUT2D eigenvalue weighted by Gasteiger charge is 2.64. The van der Waals surface area contributed by atoms with Crippen LogP contribution in [0.4, 0.5) is 54.0 Å². The maximum atomic E-state index is 14.2. The SMILES string of the molecule is COc1c(-c2cn(-c3c(C(F)(F)F)c(C(F)(F)C(F)(F)F)nn3C)nn2)cccc1N(C)C(=O)c1c(F)cc(F)cc1F. The first-order chi connectivity index (χ1) is 19.8. The topological polar surface area (TPSA) is 78.1 Å². The zero-order valence-electron chi connectivity index (χ0n) is 21.6. The van der Waals surface area contributed by atoms with Crippen LogP contribution in [-0.2, 0) is 19.1 Å². The van der Waals surface area contributed by atoms with E-state index >= 15 is 0 Å². The summed E-state index contributed by atoms with van der Waals surface area (Å²) >= 11 is 0. The van der Waals surface area contributed by atoms with Crippen LogP contribution in [0.5, 0.6) is 5.75 Å². The summed E-state index contributed by atoms with van der Waals surface area (Å²) < 4.78 is 156. The van der Waals surface area contributed by atoms with Crippen LogP contribution in [0, 0.1) is 17.5 Å². The molecule has 0 saturated carbocycles. The van der Waals surface area contributed by atoms with Gasteiger partial charge in [-0.2, -0.15) is 40.2 Å². The Morgan fingerprint density at radius 3 is 2.12 bits per heavy atom. The molecule has 2 aromatic heterocycles. The maximum Gasteiger partial charge on any atom is 0.459 e. The van der Waals surface area contributed by atoms with E-state index in [9.17, 15) is 53.1 Å². The van der Waals surface area contributed by atoms with Gasteiger partial charge in [-0.15, -0.1) is 5.10 Å². The van der Waals surface area contributed by atoms with E-state index < -0.39 is 64.3 Å². The van der Waals surface area contributed by atoms with Gasteiger partial charge in [-0.1, -0.05) is 11.3 Å². The Bertz CT molecular complexity index is 1690. The molecule has 2 heterocycles. The summed E-state index contributed by atoms with van der Waals surface area (Å²) in [6.45, 7) is 0. The molecule has 2 aromatic carbocycles. The number of alkyl halides is 8. The molecule has 4 aromatic rings. The Morgan fingerprint density at radius 1 is 0.977 bits per heavy atom. The molecule has 19 heteroatoms. The van der Waals surface area contributed by atoms with Gasteiger partial charge in [0.15, 0.2) is 17.3 Å². The number of rotatable bonds is 6. The number of aromatic nitrogens is 5. The molecule has 0 aliphatic heterocycles. The second-order valence-corrected chi connectivity index (χ2v) is 8.76. The molecule has 0 radical (unpaired) electrons. The van der Waals surface area contributed by atoms with Crippen molar-refractivity contribution < 1.29 is 57.8 Å². The van der Waals surface area contributed by atoms with Gasteiger partial charge in [-0.25, -0.2) is 22.5 Å². The van der Waals surface area contributed by atoms with Gasteiger partial charge >= 0.3 is 18.3 Å². The number of benzene rings is 2. The Labute approximate surface area is 232 Å². The van der Waals surface area contributed by atoms with Crippen LogP contribution in [0.2, 0.25) is 0 Å². The molecule has 0 bridgehead atoms. The normalized spacial score (nSPS) is 12.5. The van der Waals surface area contributed by atoms with Gasteiger partial charge in [-0.05, 0) is 12.1 Å². The summed E-state index contributed by atoms with van der Waals surface area (Å²) in [7, 11) is 2.83. The lowest BCUT2D eigenvalue weighted by molar-refractivity contribution is -0.292. The minimum atomic E-state index is -6.41. The lowest BCUT2D eigenvalue weighted by Gasteiger charge is -2.22. The predicted octanol–water partition coefficient (Wildman–Crippen LogP) is 6.04. The Morgan fingerprint density at radius 2 is 1.58 bits per heavy atom. The molecule has 1 amide bonds. The summed E-state index contributed by atoms with van der Waals surface area (Å²) in [4.78, 5) is 13.6. The number of nitrogens with zero attached hydrogens (tertiary/aromatic N) is 6. The lowest BCUT2D eigenvalue weighted by atomic mass is 10.1. The Balaban J connectivity index is 1.83. The number of hydrogen-bond acceptors (Lipinski definition) is 5. The average molecular weight is 628 g/mol. The quantitative estimate of drug-likeness (QED) is 0.244. The third-order valence-electron chi connectivity index (χ3n) is 6.03. The third-order valence-corrected chi connectivity index (χ3v) is 6.03. The molecule has 0 unspecified atom stereocenters. The van der Waals surface area contributed by atoms with Crippen molar-refractivity contribution in [3.05, 3.63) is 70.8 Å². The van der Waals surface area contributed by atoms with Gasteiger partial charge in [-0.3, -0.25) is 4.79 Å². The van der Waals surface area contributed by atoms with Crippen LogP contribution < -0.4 is 9.64 Å². The molecule has 0 aliphatic rings. The van der Waals surface area contributed by atoms with Crippen LogP contribution in [0.25, 0.3) is 17.1 Å². The van der Waals surface area contributed by atoms with Gasteiger partial charge in [0.25, 0.3) is 5.91 Å². The van der Waals surface area contributed by atoms with E-state index in [1.54, 1.807) is 0 Å². The Kier molecular flexibility index (Phi) is 7.65. The van der Waals surface area contributed by atoms with Crippen molar-refractivity contribution in [3.63, 3.8) is 0 Å². The first kappa shape index (κ1) is 31.2. The number of methoxy groups -OCH3 is 1. The van der Waals surface area contributed by atoms with Crippen LogP contribution in [0.3, 0.4) is 0 Å². The minimum absolute atomic E-state index is 0.109. The van der Waals surface area contributed by atoms with Crippen LogP contribution in [0.1, 0.15) is 21.6 Å². The molecule has 0 spiro atoms. The summed E-state index contributed by atoms with van der Waals surface area (Å²) in [6.07, 6.45) is -11.4. The number of aryl methyl sites for hydroxylation is 1. The zero-order valence-corrected chi connectivity index (χ0v) is 21.6. The van der Waals surface area contributed by atoms with Crippen molar-refractivity contribution in [2.75, 3.05) is 19.1 Å². The molecular formula is C24H15F11N6O2. The smallest absolute Gasteiger partial charge is 0.459 e. The van der Waals surface area contributed by atoms with Crippen LogP contribution in [0.15, 0.2) is 36.5 Å². The fourth-order valence-corrected chi connectivity index (χ4v) is 4.11. The summed E-state index contributed by atoms with van der Waals surface area (Å²) in [5, 5.41) is 9.87. The molecule has 0 N–H and O–H groups in total. The number of carbonyl (C=O) groups excluding carboxylic acids is 1. The van der Waals surface area contributed by atoms with Crippen LogP contribution >= 0.6 is 0 Å². The Hall–Kier alpha value is -4.71. The number of para-hydroxylation sites is 1. The number of ether oxygens (including phenoxy) is 1. The highest BCUT2D eigenvalue weighted by Crippen LogP contribution is 2.49. The van der Waals surface area contributed by atoms with Gasteiger partial charge in [0, 0.05) is 31.8 Å². The van der Waals surface area contributed by atoms with E-state index in [0.29, 0.717) is 11.9 Å². The second kappa shape index (κ2) is 10.5. The number of anilines is 1. The monoisotopic (exact) mass is 628 g/mol. The second-order valence-electron chi connectivity index (χ2n) is 8.76. The summed E-state index contributed by atoms with van der Waals surface area (Å²) in [5.41, 5.74) is -6.78. The van der Waals surface area contributed by atoms with E-state index in [1.807, 2.05) is 0 Å². The van der Waals surface area contributed by atoms with Gasteiger partial charge < -0.3 is 9.64 Å². The molecular weight excluding hydrogens is 613 g/mol. The van der Waals surface area contributed by atoms with Gasteiger partial charge in [0.1, 0.15) is 34.3 Å². The largest absolute Gasteiger partial charge is 0.494 e. The summed E-state index contributed by atoms with van der Waals surface area (Å²) in [6, 6.07) is 4.31. The zero-order chi connectivity index (χ0) is 32.2. The third kappa shape index (κ3) is 5.34. The molecule has 8 nitrogen and oxygen atoms in total. The molecule has 0 aliphatic carbocycles. The summed E-state index contributed by atoms with van der Waals surface area (Å²) in [5.74, 6) is -13.2.